The van der Waals surface area contributed by atoms with Gasteiger partial charge in [-0.25, -0.2) is 0 Å². The van der Waals surface area contributed by atoms with E-state index in [4.69, 9.17) is 0 Å². The molecule has 2 aromatic carbocycles. The Morgan fingerprint density at radius 2 is 1.82 bits per heavy atom. The first-order valence-corrected chi connectivity index (χ1v) is 10.5. The Bertz CT molecular complexity index is 890. The number of aryl methyl sites for hydroxylation is 1. The van der Waals surface area contributed by atoms with Gasteiger partial charge in [-0.3, -0.25) is 9.36 Å². The average Bonchev–Trinajstić information content (AvgIpc) is 3.20. The molecule has 1 heterocycles. The number of nitrogens with zero attached hydrogens (tertiary/aromatic N) is 3. The molecule has 0 aliphatic carbocycles. The van der Waals surface area contributed by atoms with E-state index in [0.29, 0.717) is 16.8 Å². The van der Waals surface area contributed by atoms with Crippen LogP contribution >= 0.6 is 11.8 Å². The SMILES string of the molecule is CCc1ccc([C@H](NC(=O)CSc2nncn2-c2ccccc2)C(C)C)cc1. The molecule has 146 valence electrons. The van der Waals surface area contributed by atoms with Crippen LogP contribution in [0.25, 0.3) is 5.69 Å². The highest BCUT2D eigenvalue weighted by Crippen LogP contribution is 2.24. The van der Waals surface area contributed by atoms with Gasteiger partial charge in [0.2, 0.25) is 5.91 Å². The van der Waals surface area contributed by atoms with Gasteiger partial charge in [-0.1, -0.05) is 75.0 Å². The third kappa shape index (κ3) is 5.01. The van der Waals surface area contributed by atoms with Gasteiger partial charge in [0.1, 0.15) is 6.33 Å². The molecular formula is C22H26N4OS. The van der Waals surface area contributed by atoms with Crippen LogP contribution in [0.2, 0.25) is 0 Å². The van der Waals surface area contributed by atoms with Crippen LogP contribution in [-0.2, 0) is 11.2 Å². The van der Waals surface area contributed by atoms with E-state index < -0.39 is 0 Å². The summed E-state index contributed by atoms with van der Waals surface area (Å²) in [7, 11) is 0. The van der Waals surface area contributed by atoms with Crippen molar-refractivity contribution < 1.29 is 4.79 Å². The maximum Gasteiger partial charge on any atom is 0.230 e. The molecule has 0 fully saturated rings. The molecule has 1 amide bonds. The molecule has 1 N–H and O–H groups in total. The number of nitrogens with one attached hydrogen (secondary N) is 1. The van der Waals surface area contributed by atoms with Crippen LogP contribution in [0.3, 0.4) is 0 Å². The molecule has 0 bridgehead atoms. The fourth-order valence-electron chi connectivity index (χ4n) is 3.03. The first-order chi connectivity index (χ1) is 13.6. The van der Waals surface area contributed by atoms with Crippen molar-refractivity contribution in [2.24, 2.45) is 5.92 Å². The van der Waals surface area contributed by atoms with Crippen molar-refractivity contribution in [2.45, 2.75) is 38.4 Å². The van der Waals surface area contributed by atoms with Gasteiger partial charge < -0.3 is 5.32 Å². The Kier molecular flexibility index (Phi) is 6.87. The number of amides is 1. The molecule has 5 nitrogen and oxygen atoms in total. The highest BCUT2D eigenvalue weighted by molar-refractivity contribution is 7.99. The molecule has 0 aliphatic rings. The van der Waals surface area contributed by atoms with Gasteiger partial charge in [-0.15, -0.1) is 10.2 Å². The van der Waals surface area contributed by atoms with Crippen LogP contribution in [0.1, 0.15) is 37.9 Å². The third-order valence-corrected chi connectivity index (χ3v) is 5.56. The van der Waals surface area contributed by atoms with Crippen LogP contribution in [0, 0.1) is 5.92 Å². The number of carbonyl (C=O) groups is 1. The van der Waals surface area contributed by atoms with Crippen molar-refractivity contribution >= 4 is 17.7 Å². The second-order valence-electron chi connectivity index (χ2n) is 6.99. The third-order valence-electron chi connectivity index (χ3n) is 4.61. The molecule has 28 heavy (non-hydrogen) atoms. The van der Waals surface area contributed by atoms with Gasteiger partial charge in [0.05, 0.1) is 11.8 Å². The van der Waals surface area contributed by atoms with E-state index in [1.54, 1.807) is 6.33 Å². The van der Waals surface area contributed by atoms with Gasteiger partial charge >= 0.3 is 0 Å². The maximum atomic E-state index is 12.6. The van der Waals surface area contributed by atoms with E-state index in [2.05, 4.69) is 60.6 Å². The summed E-state index contributed by atoms with van der Waals surface area (Å²) in [6, 6.07) is 18.4. The first-order valence-electron chi connectivity index (χ1n) is 9.55. The summed E-state index contributed by atoms with van der Waals surface area (Å²) in [4.78, 5) is 12.6. The topological polar surface area (TPSA) is 59.8 Å². The summed E-state index contributed by atoms with van der Waals surface area (Å²) in [6.45, 7) is 6.39. The Hall–Kier alpha value is -2.60. The zero-order valence-electron chi connectivity index (χ0n) is 16.5. The second-order valence-corrected chi connectivity index (χ2v) is 7.93. The number of para-hydroxylation sites is 1. The Balaban J connectivity index is 1.64. The van der Waals surface area contributed by atoms with E-state index >= 15 is 0 Å². The summed E-state index contributed by atoms with van der Waals surface area (Å²) in [5.41, 5.74) is 3.41. The minimum atomic E-state index is -0.00844. The van der Waals surface area contributed by atoms with Crippen LogP contribution < -0.4 is 5.32 Å². The zero-order chi connectivity index (χ0) is 19.9. The van der Waals surface area contributed by atoms with Crippen molar-refractivity contribution in [1.29, 1.82) is 0 Å². The van der Waals surface area contributed by atoms with E-state index in [1.807, 2.05) is 34.9 Å². The first kappa shape index (κ1) is 20.1. The summed E-state index contributed by atoms with van der Waals surface area (Å²) in [5.74, 6) is 0.585. The summed E-state index contributed by atoms with van der Waals surface area (Å²) >= 11 is 1.39. The summed E-state index contributed by atoms with van der Waals surface area (Å²) < 4.78 is 1.89. The molecule has 0 radical (unpaired) electrons. The van der Waals surface area contributed by atoms with Crippen LogP contribution in [0.4, 0.5) is 0 Å². The number of rotatable bonds is 8. The number of benzene rings is 2. The normalized spacial score (nSPS) is 12.1. The minimum Gasteiger partial charge on any atom is -0.348 e. The van der Waals surface area contributed by atoms with Gasteiger partial charge in [0.25, 0.3) is 0 Å². The lowest BCUT2D eigenvalue weighted by molar-refractivity contribution is -0.119. The number of thioether (sulfide) groups is 1. The van der Waals surface area contributed by atoms with Crippen molar-refractivity contribution in [3.63, 3.8) is 0 Å². The average molecular weight is 395 g/mol. The Morgan fingerprint density at radius 3 is 2.46 bits per heavy atom. The molecule has 3 rings (SSSR count). The van der Waals surface area contributed by atoms with Crippen molar-refractivity contribution in [2.75, 3.05) is 5.75 Å². The predicted octanol–water partition coefficient (Wildman–Crippen LogP) is 4.44. The van der Waals surface area contributed by atoms with E-state index in [0.717, 1.165) is 17.7 Å². The Labute approximate surface area is 170 Å². The molecule has 1 aromatic heterocycles. The van der Waals surface area contributed by atoms with E-state index in [9.17, 15) is 4.79 Å². The number of aromatic nitrogens is 3. The van der Waals surface area contributed by atoms with Gasteiger partial charge in [0, 0.05) is 5.69 Å². The molecule has 6 heteroatoms. The molecule has 0 saturated heterocycles. The molecule has 0 unspecified atom stereocenters. The highest BCUT2D eigenvalue weighted by Gasteiger charge is 2.19. The largest absolute Gasteiger partial charge is 0.348 e. The quantitative estimate of drug-likeness (QED) is 0.574. The smallest absolute Gasteiger partial charge is 0.230 e. The standard InChI is InChI=1S/C22H26N4OS/c1-4-17-10-12-18(13-11-17)21(16(2)3)24-20(27)14-28-22-25-23-15-26(22)19-8-6-5-7-9-19/h5-13,15-16,21H,4,14H2,1-3H3,(H,24,27)/t21-/m1/s1. The lowest BCUT2D eigenvalue weighted by Crippen LogP contribution is -2.33. The number of carbonyl (C=O) groups excluding carboxylic acids is 1. The Morgan fingerprint density at radius 1 is 1.11 bits per heavy atom. The molecule has 3 aromatic rings. The van der Waals surface area contributed by atoms with Crippen LogP contribution in [-0.4, -0.2) is 26.4 Å². The maximum absolute atomic E-state index is 12.6. The second kappa shape index (κ2) is 9.55. The predicted molar refractivity (Wildman–Crippen MR) is 114 cm³/mol. The number of hydrogen-bond acceptors (Lipinski definition) is 4. The number of hydrogen-bond donors (Lipinski definition) is 1. The van der Waals surface area contributed by atoms with Crippen molar-refractivity contribution in [3.05, 3.63) is 72.1 Å². The van der Waals surface area contributed by atoms with E-state index in [1.165, 1.54) is 17.3 Å². The molecule has 0 saturated carbocycles. The molecule has 0 aliphatic heterocycles. The highest BCUT2D eigenvalue weighted by atomic mass is 32.2. The lowest BCUT2D eigenvalue weighted by Gasteiger charge is -2.23. The fourth-order valence-corrected chi connectivity index (χ4v) is 3.77. The van der Waals surface area contributed by atoms with Crippen molar-refractivity contribution in [1.82, 2.24) is 20.1 Å². The van der Waals surface area contributed by atoms with Gasteiger partial charge in [0.15, 0.2) is 5.16 Å². The zero-order valence-corrected chi connectivity index (χ0v) is 17.3. The minimum absolute atomic E-state index is 0.00833. The van der Waals surface area contributed by atoms with E-state index in [-0.39, 0.29) is 11.9 Å². The molecular weight excluding hydrogens is 368 g/mol. The van der Waals surface area contributed by atoms with Crippen molar-refractivity contribution in [3.8, 4) is 5.69 Å². The lowest BCUT2D eigenvalue weighted by atomic mass is 9.95. The van der Waals surface area contributed by atoms with Crippen LogP contribution in [0.15, 0.2) is 66.1 Å². The molecule has 1 atom stereocenters. The van der Waals surface area contributed by atoms with Gasteiger partial charge in [-0.2, -0.15) is 0 Å². The fraction of sp³-hybridized carbons (Fsp3) is 0.318. The summed E-state index contributed by atoms with van der Waals surface area (Å²) in [6.07, 6.45) is 2.68. The van der Waals surface area contributed by atoms with Crippen LogP contribution in [0.5, 0.6) is 0 Å². The van der Waals surface area contributed by atoms with Gasteiger partial charge in [-0.05, 0) is 35.6 Å². The molecule has 0 spiro atoms. The monoisotopic (exact) mass is 394 g/mol. The summed E-state index contributed by atoms with van der Waals surface area (Å²) in [5, 5.41) is 12.0.